The molecule has 17 heavy (non-hydrogen) atoms. The lowest BCUT2D eigenvalue weighted by Crippen LogP contribution is -2.20. The van der Waals surface area contributed by atoms with E-state index in [4.69, 9.17) is 10.9 Å². The van der Waals surface area contributed by atoms with Gasteiger partial charge in [-0.15, -0.1) is 0 Å². The van der Waals surface area contributed by atoms with Gasteiger partial charge in [0, 0.05) is 38.8 Å². The quantitative estimate of drug-likeness (QED) is 0.202. The molecular weight excluding hydrogens is 218 g/mol. The second kappa shape index (κ2) is 7.67. The molecule has 0 amide bonds. The molecule has 0 spiro atoms. The topological polar surface area (TPSA) is 88.5 Å². The van der Waals surface area contributed by atoms with Crippen molar-refractivity contribution >= 4 is 5.84 Å². The molecule has 6 nitrogen and oxygen atoms in total. The molecule has 0 aliphatic carbocycles. The van der Waals surface area contributed by atoms with Crippen molar-refractivity contribution in [2.24, 2.45) is 17.9 Å². The highest BCUT2D eigenvalue weighted by atomic mass is 16.4. The summed E-state index contributed by atoms with van der Waals surface area (Å²) >= 11 is 0. The van der Waals surface area contributed by atoms with Crippen molar-refractivity contribution in [1.29, 1.82) is 0 Å². The standard InChI is InChI=1S/C11H21N5O/c1-16-9-8-14-11(16)5-7-13-6-3-2-4-10(12)15-17/h8-9,13,17H,2-7H2,1H3,(H2,12,15). The van der Waals surface area contributed by atoms with E-state index in [1.807, 2.05) is 24.0 Å². The number of hydrogen-bond donors (Lipinski definition) is 3. The summed E-state index contributed by atoms with van der Waals surface area (Å²) in [7, 11) is 2.00. The van der Waals surface area contributed by atoms with Gasteiger partial charge in [-0.1, -0.05) is 5.16 Å². The van der Waals surface area contributed by atoms with Crippen molar-refractivity contribution in [2.45, 2.75) is 25.7 Å². The zero-order valence-electron chi connectivity index (χ0n) is 10.3. The van der Waals surface area contributed by atoms with Gasteiger partial charge in [-0.2, -0.15) is 0 Å². The van der Waals surface area contributed by atoms with E-state index in [-0.39, 0.29) is 0 Å². The van der Waals surface area contributed by atoms with Crippen molar-refractivity contribution in [3.05, 3.63) is 18.2 Å². The predicted octanol–water partition coefficient (Wildman–Crippen LogP) is 0.469. The van der Waals surface area contributed by atoms with E-state index in [9.17, 15) is 0 Å². The summed E-state index contributed by atoms with van der Waals surface area (Å²) in [5, 5.41) is 14.6. The van der Waals surface area contributed by atoms with Crippen LogP contribution in [0.25, 0.3) is 0 Å². The van der Waals surface area contributed by atoms with Crippen molar-refractivity contribution < 1.29 is 5.21 Å². The van der Waals surface area contributed by atoms with E-state index in [1.165, 1.54) is 0 Å². The molecule has 0 aliphatic rings. The van der Waals surface area contributed by atoms with E-state index in [0.29, 0.717) is 12.3 Å². The predicted molar refractivity (Wildman–Crippen MR) is 67.0 cm³/mol. The lowest BCUT2D eigenvalue weighted by Gasteiger charge is -2.04. The smallest absolute Gasteiger partial charge is 0.139 e. The van der Waals surface area contributed by atoms with Crippen LogP contribution in [0.3, 0.4) is 0 Å². The van der Waals surface area contributed by atoms with Crippen LogP contribution in [-0.2, 0) is 13.5 Å². The van der Waals surface area contributed by atoms with Crippen molar-refractivity contribution in [1.82, 2.24) is 14.9 Å². The Hall–Kier alpha value is -1.56. The van der Waals surface area contributed by atoms with E-state index < -0.39 is 0 Å². The molecule has 0 atom stereocenters. The van der Waals surface area contributed by atoms with Crippen LogP contribution in [0, 0.1) is 0 Å². The third kappa shape index (κ3) is 5.35. The van der Waals surface area contributed by atoms with Crippen LogP contribution in [-0.4, -0.2) is 33.7 Å². The molecule has 6 heteroatoms. The first kappa shape index (κ1) is 13.5. The van der Waals surface area contributed by atoms with E-state index >= 15 is 0 Å². The molecule has 4 N–H and O–H groups in total. The largest absolute Gasteiger partial charge is 0.409 e. The highest BCUT2D eigenvalue weighted by Crippen LogP contribution is 1.95. The van der Waals surface area contributed by atoms with Crippen LogP contribution >= 0.6 is 0 Å². The monoisotopic (exact) mass is 239 g/mol. The molecule has 0 aromatic carbocycles. The van der Waals surface area contributed by atoms with Crippen molar-refractivity contribution in [3.63, 3.8) is 0 Å². The van der Waals surface area contributed by atoms with Gasteiger partial charge in [0.25, 0.3) is 0 Å². The second-order valence-corrected chi connectivity index (χ2v) is 4.00. The lowest BCUT2D eigenvalue weighted by molar-refractivity contribution is 0.316. The molecule has 0 radical (unpaired) electrons. The molecule has 0 aliphatic heterocycles. The number of oxime groups is 1. The Kier molecular flexibility index (Phi) is 6.09. The minimum atomic E-state index is 0.304. The van der Waals surface area contributed by atoms with Gasteiger partial charge in [-0.3, -0.25) is 0 Å². The first-order valence-electron chi connectivity index (χ1n) is 5.87. The maximum absolute atomic E-state index is 8.35. The van der Waals surface area contributed by atoms with Crippen LogP contribution in [0.1, 0.15) is 25.1 Å². The average molecular weight is 239 g/mol. The molecule has 96 valence electrons. The summed E-state index contributed by atoms with van der Waals surface area (Å²) in [6, 6.07) is 0. The number of unbranched alkanes of at least 4 members (excludes halogenated alkanes) is 1. The lowest BCUT2D eigenvalue weighted by atomic mass is 10.2. The number of amidine groups is 1. The molecule has 0 unspecified atom stereocenters. The summed E-state index contributed by atoms with van der Waals surface area (Å²) in [5.41, 5.74) is 5.36. The minimum absolute atomic E-state index is 0.304. The SMILES string of the molecule is Cn1ccnc1CCNCCCCC(N)=NO. The molecule has 0 saturated carbocycles. The molecule has 0 bridgehead atoms. The van der Waals surface area contributed by atoms with Crippen LogP contribution in [0.4, 0.5) is 0 Å². The maximum Gasteiger partial charge on any atom is 0.139 e. The summed E-state index contributed by atoms with van der Waals surface area (Å²) in [6.07, 6.45) is 7.31. The van der Waals surface area contributed by atoms with Gasteiger partial charge < -0.3 is 20.8 Å². The Labute approximate surface area is 102 Å². The molecule has 1 aromatic rings. The van der Waals surface area contributed by atoms with Gasteiger partial charge in [-0.25, -0.2) is 4.98 Å². The van der Waals surface area contributed by atoms with Gasteiger partial charge in [-0.05, 0) is 19.4 Å². The number of nitrogens with zero attached hydrogens (tertiary/aromatic N) is 3. The molecule has 0 fully saturated rings. The maximum atomic E-state index is 8.35. The van der Waals surface area contributed by atoms with Gasteiger partial charge in [0.2, 0.25) is 0 Å². The Morgan fingerprint density at radius 3 is 3.00 bits per heavy atom. The number of aryl methyl sites for hydroxylation is 1. The first-order chi connectivity index (χ1) is 8.24. The normalized spacial score (nSPS) is 11.9. The Bertz CT molecular complexity index is 347. The summed E-state index contributed by atoms with van der Waals surface area (Å²) in [4.78, 5) is 4.25. The van der Waals surface area contributed by atoms with E-state index in [1.54, 1.807) is 0 Å². The number of nitrogens with two attached hydrogens (primary N) is 1. The van der Waals surface area contributed by atoms with Crippen LogP contribution < -0.4 is 11.1 Å². The number of rotatable bonds is 8. The zero-order valence-corrected chi connectivity index (χ0v) is 10.3. The highest BCUT2D eigenvalue weighted by molar-refractivity contribution is 5.79. The number of aromatic nitrogens is 2. The van der Waals surface area contributed by atoms with Crippen molar-refractivity contribution in [3.8, 4) is 0 Å². The Morgan fingerprint density at radius 1 is 1.53 bits per heavy atom. The van der Waals surface area contributed by atoms with Crippen LogP contribution in [0.15, 0.2) is 17.5 Å². The van der Waals surface area contributed by atoms with Crippen LogP contribution in [0.2, 0.25) is 0 Å². The molecule has 1 aromatic heterocycles. The molecule has 0 saturated heterocycles. The van der Waals surface area contributed by atoms with E-state index in [2.05, 4.69) is 15.5 Å². The van der Waals surface area contributed by atoms with Gasteiger partial charge in [0.05, 0.1) is 0 Å². The fourth-order valence-electron chi connectivity index (χ4n) is 1.57. The average Bonchev–Trinajstić information content (AvgIpc) is 2.73. The van der Waals surface area contributed by atoms with E-state index in [0.717, 1.165) is 38.2 Å². The van der Waals surface area contributed by atoms with Crippen LogP contribution in [0.5, 0.6) is 0 Å². The Morgan fingerprint density at radius 2 is 2.35 bits per heavy atom. The first-order valence-corrected chi connectivity index (χ1v) is 5.87. The third-order valence-electron chi connectivity index (χ3n) is 2.61. The Balaban J connectivity index is 1.97. The fourth-order valence-corrected chi connectivity index (χ4v) is 1.57. The van der Waals surface area contributed by atoms with Gasteiger partial charge in [0.1, 0.15) is 11.7 Å². The molecule has 1 rings (SSSR count). The number of nitrogens with one attached hydrogen (secondary N) is 1. The van der Waals surface area contributed by atoms with Gasteiger partial charge >= 0.3 is 0 Å². The fraction of sp³-hybridized carbons (Fsp3) is 0.636. The number of imidazole rings is 1. The second-order valence-electron chi connectivity index (χ2n) is 4.00. The zero-order chi connectivity index (χ0) is 12.5. The minimum Gasteiger partial charge on any atom is -0.409 e. The molecule has 1 heterocycles. The third-order valence-corrected chi connectivity index (χ3v) is 2.61. The van der Waals surface area contributed by atoms with Crippen molar-refractivity contribution in [2.75, 3.05) is 13.1 Å². The summed E-state index contributed by atoms with van der Waals surface area (Å²) in [5.74, 6) is 1.40. The summed E-state index contributed by atoms with van der Waals surface area (Å²) in [6.45, 7) is 1.87. The summed E-state index contributed by atoms with van der Waals surface area (Å²) < 4.78 is 2.03. The molecular formula is C11H21N5O. The highest BCUT2D eigenvalue weighted by Gasteiger charge is 1.98. The number of hydrogen-bond acceptors (Lipinski definition) is 4. The van der Waals surface area contributed by atoms with Gasteiger partial charge in [0.15, 0.2) is 0 Å².